The molecule has 0 N–H and O–H groups in total. The number of terminal acetylenes is 1. The molecule has 58 valence electrons. The molecule has 0 aromatic carbocycles. The van der Waals surface area contributed by atoms with Crippen LogP contribution in [0, 0.1) is 18.3 Å². The molecule has 0 nitrogen and oxygen atoms in total. The van der Waals surface area contributed by atoms with Crippen LogP contribution in [0.2, 0.25) is 0 Å². The summed E-state index contributed by atoms with van der Waals surface area (Å²) in [6.45, 7) is 2.07. The van der Waals surface area contributed by atoms with E-state index in [1.54, 1.807) is 0 Å². The molecule has 0 heterocycles. The summed E-state index contributed by atoms with van der Waals surface area (Å²) in [4.78, 5) is 0. The van der Waals surface area contributed by atoms with E-state index in [4.69, 9.17) is 29.6 Å². The van der Waals surface area contributed by atoms with E-state index in [0.29, 0.717) is 11.8 Å². The average molecular weight is 179 g/mol. The topological polar surface area (TPSA) is 0 Å². The molecule has 0 amide bonds. The molecule has 0 bridgehead atoms. The van der Waals surface area contributed by atoms with Crippen LogP contribution < -0.4 is 0 Å². The second-order valence-corrected chi connectivity index (χ2v) is 3.06. The summed E-state index contributed by atoms with van der Waals surface area (Å²) in [5, 5.41) is -0.149. The minimum Gasteiger partial charge on any atom is -0.127 e. The quantitative estimate of drug-likeness (QED) is 0.459. The monoisotopic (exact) mass is 178 g/mol. The maximum atomic E-state index is 5.82. The van der Waals surface area contributed by atoms with E-state index >= 15 is 0 Å². The van der Waals surface area contributed by atoms with Gasteiger partial charge in [-0.25, -0.2) is 0 Å². The standard InChI is InChI=1S/C8H12Cl2/c1-3-7(5-6-9)8(10)4-2/h2,7-8H,3,5-6H2,1H3. The first kappa shape index (κ1) is 10.1. The van der Waals surface area contributed by atoms with E-state index in [9.17, 15) is 0 Å². The summed E-state index contributed by atoms with van der Waals surface area (Å²) in [6.07, 6.45) is 7.07. The maximum absolute atomic E-state index is 5.82. The van der Waals surface area contributed by atoms with Crippen LogP contribution in [0.15, 0.2) is 0 Å². The fourth-order valence-corrected chi connectivity index (χ4v) is 1.42. The first-order valence-corrected chi connectivity index (χ1v) is 4.39. The Hall–Kier alpha value is 0.140. The van der Waals surface area contributed by atoms with Crippen LogP contribution in [0.3, 0.4) is 0 Å². The molecule has 2 heteroatoms. The molecular weight excluding hydrogens is 167 g/mol. The summed E-state index contributed by atoms with van der Waals surface area (Å²) < 4.78 is 0. The van der Waals surface area contributed by atoms with E-state index in [0.717, 1.165) is 12.8 Å². The fourth-order valence-electron chi connectivity index (χ4n) is 0.834. The van der Waals surface area contributed by atoms with Crippen molar-refractivity contribution in [2.45, 2.75) is 25.1 Å². The van der Waals surface area contributed by atoms with Gasteiger partial charge in [-0.2, -0.15) is 0 Å². The van der Waals surface area contributed by atoms with Crippen molar-refractivity contribution in [1.29, 1.82) is 0 Å². The van der Waals surface area contributed by atoms with Crippen molar-refractivity contribution in [3.63, 3.8) is 0 Å². The van der Waals surface area contributed by atoms with Crippen LogP contribution in [-0.2, 0) is 0 Å². The molecule has 0 saturated carbocycles. The Morgan fingerprint density at radius 3 is 2.50 bits per heavy atom. The Balaban J connectivity index is 3.71. The molecule has 0 aliphatic heterocycles. The zero-order valence-electron chi connectivity index (χ0n) is 6.11. The lowest BCUT2D eigenvalue weighted by Gasteiger charge is -2.13. The van der Waals surface area contributed by atoms with Gasteiger partial charge in [0.1, 0.15) is 0 Å². The Kier molecular flexibility index (Phi) is 5.97. The van der Waals surface area contributed by atoms with Crippen molar-refractivity contribution < 1.29 is 0 Å². The molecule has 0 rings (SSSR count). The Morgan fingerprint density at radius 1 is 1.60 bits per heavy atom. The third-order valence-corrected chi connectivity index (χ3v) is 2.28. The van der Waals surface area contributed by atoms with Gasteiger partial charge < -0.3 is 0 Å². The second kappa shape index (κ2) is 5.89. The molecule has 0 aromatic rings. The van der Waals surface area contributed by atoms with Gasteiger partial charge in [-0.3, -0.25) is 0 Å². The van der Waals surface area contributed by atoms with Crippen molar-refractivity contribution in [2.75, 3.05) is 5.88 Å². The van der Waals surface area contributed by atoms with Gasteiger partial charge in [-0.15, -0.1) is 29.6 Å². The highest BCUT2D eigenvalue weighted by molar-refractivity contribution is 6.22. The number of rotatable bonds is 4. The van der Waals surface area contributed by atoms with Gasteiger partial charge in [-0.05, 0) is 12.3 Å². The van der Waals surface area contributed by atoms with Gasteiger partial charge in [0, 0.05) is 5.88 Å². The van der Waals surface area contributed by atoms with Gasteiger partial charge in [-0.1, -0.05) is 19.3 Å². The van der Waals surface area contributed by atoms with Crippen LogP contribution in [0.1, 0.15) is 19.8 Å². The third kappa shape index (κ3) is 3.34. The molecule has 0 saturated heterocycles. The van der Waals surface area contributed by atoms with Gasteiger partial charge in [0.2, 0.25) is 0 Å². The van der Waals surface area contributed by atoms with Crippen molar-refractivity contribution >= 4 is 23.2 Å². The number of alkyl halides is 2. The molecule has 0 fully saturated rings. The third-order valence-electron chi connectivity index (χ3n) is 1.58. The number of halogens is 2. The molecule has 0 aliphatic carbocycles. The van der Waals surface area contributed by atoms with E-state index < -0.39 is 0 Å². The predicted molar refractivity (Wildman–Crippen MR) is 47.6 cm³/mol. The molecule has 2 atom stereocenters. The highest BCUT2D eigenvalue weighted by Crippen LogP contribution is 2.18. The molecule has 10 heavy (non-hydrogen) atoms. The molecular formula is C8H12Cl2. The summed E-state index contributed by atoms with van der Waals surface area (Å²) in [5.41, 5.74) is 0. The minimum absolute atomic E-state index is 0.149. The van der Waals surface area contributed by atoms with E-state index in [1.807, 2.05) is 0 Å². The fraction of sp³-hybridized carbons (Fsp3) is 0.750. The van der Waals surface area contributed by atoms with E-state index in [-0.39, 0.29) is 5.38 Å². The SMILES string of the molecule is C#CC(Cl)C(CC)CCCl. The molecule has 0 aliphatic rings. The van der Waals surface area contributed by atoms with Gasteiger partial charge in [0.15, 0.2) is 0 Å². The van der Waals surface area contributed by atoms with E-state index in [2.05, 4.69) is 12.8 Å². The van der Waals surface area contributed by atoms with Gasteiger partial charge >= 0.3 is 0 Å². The predicted octanol–water partition coefficient (Wildman–Crippen LogP) is 2.88. The zero-order chi connectivity index (χ0) is 7.98. The van der Waals surface area contributed by atoms with Crippen LogP contribution in [0.4, 0.5) is 0 Å². The van der Waals surface area contributed by atoms with Gasteiger partial charge in [0.25, 0.3) is 0 Å². The molecule has 0 radical (unpaired) electrons. The maximum Gasteiger partial charge on any atom is 0.0968 e. The lowest BCUT2D eigenvalue weighted by molar-refractivity contribution is 0.515. The smallest absolute Gasteiger partial charge is 0.0968 e. The highest BCUT2D eigenvalue weighted by atomic mass is 35.5. The van der Waals surface area contributed by atoms with Crippen molar-refractivity contribution in [3.8, 4) is 12.3 Å². The molecule has 2 unspecified atom stereocenters. The van der Waals surface area contributed by atoms with Gasteiger partial charge in [0.05, 0.1) is 5.38 Å². The minimum atomic E-state index is -0.149. The highest BCUT2D eigenvalue weighted by Gasteiger charge is 2.13. The van der Waals surface area contributed by atoms with E-state index in [1.165, 1.54) is 0 Å². The number of hydrogen-bond donors (Lipinski definition) is 0. The summed E-state index contributed by atoms with van der Waals surface area (Å²) in [6, 6.07) is 0. The lowest BCUT2D eigenvalue weighted by atomic mass is 10.00. The van der Waals surface area contributed by atoms with Crippen LogP contribution in [0.5, 0.6) is 0 Å². The molecule has 0 spiro atoms. The Morgan fingerprint density at radius 2 is 2.20 bits per heavy atom. The normalized spacial score (nSPS) is 15.8. The summed E-state index contributed by atoms with van der Waals surface area (Å²) in [5.74, 6) is 3.53. The Bertz CT molecular complexity index is 115. The van der Waals surface area contributed by atoms with Crippen LogP contribution >= 0.6 is 23.2 Å². The van der Waals surface area contributed by atoms with Crippen LogP contribution in [0.25, 0.3) is 0 Å². The molecule has 0 aromatic heterocycles. The van der Waals surface area contributed by atoms with Crippen molar-refractivity contribution in [3.05, 3.63) is 0 Å². The summed E-state index contributed by atoms with van der Waals surface area (Å²) in [7, 11) is 0. The van der Waals surface area contributed by atoms with Crippen molar-refractivity contribution in [2.24, 2.45) is 5.92 Å². The second-order valence-electron chi connectivity index (χ2n) is 2.21. The first-order chi connectivity index (χ1) is 4.76. The Labute approximate surface area is 72.9 Å². The largest absolute Gasteiger partial charge is 0.127 e. The average Bonchev–Trinajstić information content (AvgIpc) is 1.99. The zero-order valence-corrected chi connectivity index (χ0v) is 7.62. The number of hydrogen-bond acceptors (Lipinski definition) is 0. The van der Waals surface area contributed by atoms with Crippen LogP contribution in [-0.4, -0.2) is 11.3 Å². The first-order valence-electron chi connectivity index (χ1n) is 3.42. The summed E-state index contributed by atoms with van der Waals surface area (Å²) >= 11 is 11.4. The van der Waals surface area contributed by atoms with Crippen molar-refractivity contribution in [1.82, 2.24) is 0 Å². The lowest BCUT2D eigenvalue weighted by Crippen LogP contribution is -2.12.